The average Bonchev–Trinajstić information content (AvgIpc) is 3.57. The van der Waals surface area contributed by atoms with E-state index in [-0.39, 0.29) is 28.9 Å². The highest BCUT2D eigenvalue weighted by Crippen LogP contribution is 2.31. The maximum Gasteiger partial charge on any atom is 0.337 e. The molecular weight excluding hydrogens is 649 g/mol. The number of fused-ring (bicyclic) bond motifs is 2. The largest absolute Gasteiger partial charge is 0.508 e. The standard InChI is InChI=1S/C39H40FN7O4/c1-25-4-2-7-36-43-30(24-45(25)36)22-41-29-8-10-31(11-9-29)47-38(49)35-20-28(40)21-42-37(35)46(39(47)50)32-6-3-5-26(18-32)34-13-12-33(48)19-27(34)23-44-14-16-51-17-15-44/h2-7,12-13,18-21,24,29,31,41,48H,8-11,14-17,22-23H2,1H3/t29-,31+. The summed E-state index contributed by atoms with van der Waals surface area (Å²) in [6, 6.07) is 19.9. The van der Waals surface area contributed by atoms with Gasteiger partial charge in [0.1, 0.15) is 17.2 Å². The fraction of sp³-hybridized carbons (Fsp3) is 0.333. The summed E-state index contributed by atoms with van der Waals surface area (Å²) in [6.07, 6.45) is 5.85. The molecule has 0 bridgehead atoms. The number of nitrogens with one attached hydrogen (secondary N) is 1. The van der Waals surface area contributed by atoms with Crippen LogP contribution in [0.3, 0.4) is 0 Å². The van der Waals surface area contributed by atoms with Crippen LogP contribution in [-0.4, -0.2) is 65.9 Å². The van der Waals surface area contributed by atoms with Crippen molar-refractivity contribution in [3.8, 4) is 22.6 Å². The van der Waals surface area contributed by atoms with E-state index in [0.717, 1.165) is 65.9 Å². The Bertz CT molecular complexity index is 2350. The molecule has 4 aromatic heterocycles. The molecule has 5 heterocycles. The second-order valence-electron chi connectivity index (χ2n) is 13.6. The molecule has 2 aliphatic rings. The van der Waals surface area contributed by atoms with Crippen LogP contribution in [0, 0.1) is 12.7 Å². The van der Waals surface area contributed by atoms with Gasteiger partial charge in [0.2, 0.25) is 0 Å². The number of aromatic hydroxyl groups is 1. The van der Waals surface area contributed by atoms with Gasteiger partial charge in [0.05, 0.1) is 36.2 Å². The van der Waals surface area contributed by atoms with Gasteiger partial charge < -0.3 is 19.6 Å². The van der Waals surface area contributed by atoms with Gasteiger partial charge in [0.15, 0.2) is 5.65 Å². The first kappa shape index (κ1) is 33.0. The number of pyridine rings is 2. The molecule has 12 heteroatoms. The number of hydrogen-bond donors (Lipinski definition) is 2. The summed E-state index contributed by atoms with van der Waals surface area (Å²) in [6.45, 7) is 6.20. The average molecular weight is 690 g/mol. The minimum atomic E-state index is -0.642. The fourth-order valence-electron chi connectivity index (χ4n) is 7.61. The lowest BCUT2D eigenvalue weighted by molar-refractivity contribution is 0.0342. The Kier molecular flexibility index (Phi) is 8.97. The van der Waals surface area contributed by atoms with Crippen LogP contribution in [0.4, 0.5) is 4.39 Å². The number of phenols is 1. The molecule has 0 atom stereocenters. The topological polar surface area (TPSA) is 119 Å². The fourth-order valence-corrected chi connectivity index (χ4v) is 7.61. The van der Waals surface area contributed by atoms with Crippen LogP contribution in [0.15, 0.2) is 88.7 Å². The molecular formula is C39H40FN7O4. The predicted octanol–water partition coefficient (Wildman–Crippen LogP) is 5.12. The van der Waals surface area contributed by atoms with Crippen LogP contribution in [0.1, 0.15) is 48.7 Å². The summed E-state index contributed by atoms with van der Waals surface area (Å²) >= 11 is 0. The Labute approximate surface area is 293 Å². The summed E-state index contributed by atoms with van der Waals surface area (Å²) in [4.78, 5) is 39.6. The van der Waals surface area contributed by atoms with Crippen molar-refractivity contribution in [3.05, 3.63) is 123 Å². The summed E-state index contributed by atoms with van der Waals surface area (Å²) < 4.78 is 24.9. The lowest BCUT2D eigenvalue weighted by atomic mass is 9.91. The number of aryl methyl sites for hydroxylation is 1. The van der Waals surface area contributed by atoms with E-state index in [9.17, 15) is 19.1 Å². The van der Waals surface area contributed by atoms with Crippen molar-refractivity contribution in [3.63, 3.8) is 0 Å². The zero-order valence-electron chi connectivity index (χ0n) is 28.5. The van der Waals surface area contributed by atoms with Crippen molar-refractivity contribution in [2.75, 3.05) is 26.3 Å². The van der Waals surface area contributed by atoms with Crippen molar-refractivity contribution in [1.29, 1.82) is 0 Å². The van der Waals surface area contributed by atoms with Crippen LogP contribution in [-0.2, 0) is 17.8 Å². The van der Waals surface area contributed by atoms with Gasteiger partial charge >= 0.3 is 5.69 Å². The van der Waals surface area contributed by atoms with Crippen LogP contribution >= 0.6 is 0 Å². The minimum absolute atomic E-state index is 0.0556. The van der Waals surface area contributed by atoms with Crippen LogP contribution in [0.25, 0.3) is 33.5 Å². The first-order valence-electron chi connectivity index (χ1n) is 17.5. The van der Waals surface area contributed by atoms with E-state index in [2.05, 4.69) is 38.8 Å². The van der Waals surface area contributed by atoms with Crippen molar-refractivity contribution in [1.82, 2.24) is 33.7 Å². The lowest BCUT2D eigenvalue weighted by Crippen LogP contribution is -2.44. The number of ether oxygens (including phenoxy) is 1. The molecule has 8 rings (SSSR count). The number of morpholine rings is 1. The van der Waals surface area contributed by atoms with Crippen molar-refractivity contribution in [2.45, 2.75) is 57.8 Å². The molecule has 1 saturated carbocycles. The molecule has 1 saturated heterocycles. The Morgan fingerprint density at radius 1 is 0.980 bits per heavy atom. The van der Waals surface area contributed by atoms with Crippen LogP contribution in [0.5, 0.6) is 5.75 Å². The van der Waals surface area contributed by atoms with Gasteiger partial charge in [0, 0.05) is 50.2 Å². The monoisotopic (exact) mass is 689 g/mol. The minimum Gasteiger partial charge on any atom is -0.508 e. The van der Waals surface area contributed by atoms with E-state index in [1.165, 1.54) is 15.2 Å². The quantitative estimate of drug-likeness (QED) is 0.226. The summed E-state index contributed by atoms with van der Waals surface area (Å²) in [5.41, 5.74) is 5.27. The molecule has 1 aliphatic heterocycles. The number of rotatable bonds is 8. The third-order valence-corrected chi connectivity index (χ3v) is 10.3. The van der Waals surface area contributed by atoms with Gasteiger partial charge in [0.25, 0.3) is 5.56 Å². The maximum atomic E-state index is 14.6. The molecule has 11 nitrogen and oxygen atoms in total. The molecule has 6 aromatic rings. The van der Waals surface area contributed by atoms with Gasteiger partial charge in [-0.3, -0.25) is 14.3 Å². The van der Waals surface area contributed by atoms with Gasteiger partial charge in [-0.25, -0.2) is 23.7 Å². The van der Waals surface area contributed by atoms with Crippen LogP contribution in [0.2, 0.25) is 0 Å². The molecule has 262 valence electrons. The highest BCUT2D eigenvalue weighted by molar-refractivity contribution is 5.77. The van der Waals surface area contributed by atoms with E-state index < -0.39 is 17.1 Å². The van der Waals surface area contributed by atoms with Gasteiger partial charge in [-0.1, -0.05) is 24.3 Å². The smallest absolute Gasteiger partial charge is 0.337 e. The number of halogens is 1. The second kappa shape index (κ2) is 13.9. The normalized spacial score (nSPS) is 18.5. The number of aromatic nitrogens is 5. The van der Waals surface area contributed by atoms with Gasteiger partial charge in [-0.05, 0) is 91.8 Å². The van der Waals surface area contributed by atoms with Crippen molar-refractivity contribution >= 4 is 16.7 Å². The molecule has 2 aromatic carbocycles. The summed E-state index contributed by atoms with van der Waals surface area (Å²) in [7, 11) is 0. The molecule has 51 heavy (non-hydrogen) atoms. The maximum absolute atomic E-state index is 14.6. The molecule has 1 aliphatic carbocycles. The Morgan fingerprint density at radius 2 is 1.78 bits per heavy atom. The number of nitrogens with zero attached hydrogens (tertiary/aromatic N) is 6. The SMILES string of the molecule is Cc1cccc2nc(CN[C@H]3CC[C@@H](n4c(=O)c5cc(F)cnc5n(-c5cccc(-c6ccc(O)cc6CN6CCOCC6)c5)c4=O)CC3)cn12. The zero-order valence-corrected chi connectivity index (χ0v) is 28.5. The zero-order chi connectivity index (χ0) is 35.1. The Morgan fingerprint density at radius 3 is 2.59 bits per heavy atom. The Hall–Kier alpha value is -5.17. The second-order valence-corrected chi connectivity index (χ2v) is 13.6. The lowest BCUT2D eigenvalue weighted by Gasteiger charge is -2.30. The first-order valence-corrected chi connectivity index (χ1v) is 17.5. The van der Waals surface area contributed by atoms with E-state index in [1.54, 1.807) is 18.2 Å². The van der Waals surface area contributed by atoms with E-state index in [4.69, 9.17) is 9.72 Å². The molecule has 2 fully saturated rings. The van der Waals surface area contributed by atoms with E-state index in [0.29, 0.717) is 44.8 Å². The highest BCUT2D eigenvalue weighted by atomic mass is 19.1. The molecule has 0 amide bonds. The number of imidazole rings is 1. The Balaban J connectivity index is 1.09. The van der Waals surface area contributed by atoms with E-state index in [1.807, 2.05) is 36.4 Å². The van der Waals surface area contributed by atoms with Crippen molar-refractivity contribution in [2.24, 2.45) is 0 Å². The summed E-state index contributed by atoms with van der Waals surface area (Å²) in [5, 5.41) is 14.0. The first-order chi connectivity index (χ1) is 24.8. The molecule has 0 unspecified atom stereocenters. The molecule has 2 N–H and O–H groups in total. The number of phenolic OH excluding ortho intramolecular Hbond substituents is 1. The number of hydrogen-bond acceptors (Lipinski definition) is 8. The molecule has 0 spiro atoms. The van der Waals surface area contributed by atoms with Crippen molar-refractivity contribution < 1.29 is 14.2 Å². The number of benzene rings is 2. The third kappa shape index (κ3) is 6.58. The third-order valence-electron chi connectivity index (χ3n) is 10.3. The summed E-state index contributed by atoms with van der Waals surface area (Å²) in [5.74, 6) is -0.467. The van der Waals surface area contributed by atoms with E-state index >= 15 is 0 Å². The predicted molar refractivity (Wildman–Crippen MR) is 193 cm³/mol. The highest BCUT2D eigenvalue weighted by Gasteiger charge is 2.27. The van der Waals surface area contributed by atoms with Crippen LogP contribution < -0.4 is 16.6 Å². The van der Waals surface area contributed by atoms with Gasteiger partial charge in [-0.2, -0.15) is 0 Å². The molecule has 0 radical (unpaired) electrons. The van der Waals surface area contributed by atoms with Gasteiger partial charge in [-0.15, -0.1) is 0 Å².